The normalized spacial score (nSPS) is 24.0. The molecule has 3 heterocycles. The van der Waals surface area contributed by atoms with E-state index in [0.717, 1.165) is 17.5 Å². The van der Waals surface area contributed by atoms with Crippen LogP contribution >= 0.6 is 11.8 Å². The Kier molecular flexibility index (Phi) is 5.13. The molecule has 0 saturated carbocycles. The molecule has 144 valence electrons. The molecule has 0 aromatic carbocycles. The number of nitrogens with one attached hydrogen (secondary N) is 1. The minimum Gasteiger partial charge on any atom is -0.413 e. The van der Waals surface area contributed by atoms with Gasteiger partial charge in [0.15, 0.2) is 19.3 Å². The van der Waals surface area contributed by atoms with Crippen molar-refractivity contribution in [2.24, 2.45) is 5.92 Å². The number of Topliss-reactive ketones (excluding diaryl/α,β-unsaturated/α-hetero) is 1. The third kappa shape index (κ3) is 3.64. The summed E-state index contributed by atoms with van der Waals surface area (Å²) in [5.41, 5.74) is 0.505. The Labute approximate surface area is 160 Å². The van der Waals surface area contributed by atoms with Gasteiger partial charge in [-0.2, -0.15) is 0 Å². The SMILES string of the molecule is C[C@@H](O[Si](C)(C)C(C)(C)C)[C@H]1C(=O)N[C@@H]1CC(=O)c1cn2c(n1)SCC2. The Bertz CT molecular complexity index is 704. The van der Waals surface area contributed by atoms with Gasteiger partial charge in [0.05, 0.1) is 18.1 Å². The standard InChI is InChI=1S/C18H29N3O3SSi/c1-11(24-26(5,6)18(2,3)4)15-12(19-16(15)23)9-14(22)13-10-21-7-8-25-17(21)20-13/h10-12,15H,7-9H2,1-6H3,(H,19,23)/t11-,12-,15-/m1/s1. The molecule has 1 aromatic heterocycles. The Hall–Kier alpha value is -1.12. The molecule has 1 aromatic rings. The van der Waals surface area contributed by atoms with E-state index in [0.29, 0.717) is 5.69 Å². The number of aromatic nitrogens is 2. The van der Waals surface area contributed by atoms with Gasteiger partial charge < -0.3 is 14.3 Å². The van der Waals surface area contributed by atoms with Crippen molar-refractivity contribution in [3.05, 3.63) is 11.9 Å². The highest BCUT2D eigenvalue weighted by molar-refractivity contribution is 7.99. The number of nitrogens with zero attached hydrogens (tertiary/aromatic N) is 2. The van der Waals surface area contributed by atoms with Crippen LogP contribution in [0.4, 0.5) is 0 Å². The van der Waals surface area contributed by atoms with Crippen LogP contribution in [0.15, 0.2) is 11.4 Å². The van der Waals surface area contributed by atoms with Gasteiger partial charge in [0.1, 0.15) is 5.69 Å². The highest BCUT2D eigenvalue weighted by Crippen LogP contribution is 2.39. The van der Waals surface area contributed by atoms with Gasteiger partial charge in [-0.15, -0.1) is 0 Å². The zero-order valence-corrected chi connectivity index (χ0v) is 18.3. The van der Waals surface area contributed by atoms with Crippen molar-refractivity contribution < 1.29 is 14.0 Å². The van der Waals surface area contributed by atoms with E-state index in [-0.39, 0.29) is 41.2 Å². The monoisotopic (exact) mass is 395 g/mol. The molecule has 1 N–H and O–H groups in total. The third-order valence-corrected chi connectivity index (χ3v) is 11.4. The number of fused-ring (bicyclic) bond motifs is 1. The maximum Gasteiger partial charge on any atom is 0.228 e. The van der Waals surface area contributed by atoms with Crippen LogP contribution in [0.25, 0.3) is 0 Å². The molecular weight excluding hydrogens is 366 g/mol. The fourth-order valence-corrected chi connectivity index (χ4v) is 5.61. The van der Waals surface area contributed by atoms with Crippen LogP contribution in [0.2, 0.25) is 18.1 Å². The second kappa shape index (κ2) is 6.80. The minimum atomic E-state index is -1.96. The van der Waals surface area contributed by atoms with Crippen LogP contribution in [0.5, 0.6) is 0 Å². The number of carbonyl (C=O) groups is 2. The topological polar surface area (TPSA) is 73.2 Å². The van der Waals surface area contributed by atoms with Gasteiger partial charge in [0.25, 0.3) is 0 Å². The van der Waals surface area contributed by atoms with Crippen LogP contribution < -0.4 is 5.32 Å². The second-order valence-corrected chi connectivity index (χ2v) is 14.6. The van der Waals surface area contributed by atoms with Gasteiger partial charge in [0, 0.05) is 24.9 Å². The van der Waals surface area contributed by atoms with Crippen molar-refractivity contribution in [2.75, 3.05) is 5.75 Å². The smallest absolute Gasteiger partial charge is 0.228 e. The fraction of sp³-hybridized carbons (Fsp3) is 0.722. The molecule has 1 amide bonds. The van der Waals surface area contributed by atoms with Crippen LogP contribution in [0, 0.1) is 5.92 Å². The lowest BCUT2D eigenvalue weighted by Crippen LogP contribution is -2.64. The minimum absolute atomic E-state index is 0.0120. The summed E-state index contributed by atoms with van der Waals surface area (Å²) in [6, 6.07) is -0.168. The summed E-state index contributed by atoms with van der Waals surface area (Å²) in [4.78, 5) is 29.2. The second-order valence-electron chi connectivity index (χ2n) is 8.80. The Morgan fingerprint density at radius 2 is 2.19 bits per heavy atom. The van der Waals surface area contributed by atoms with E-state index in [1.165, 1.54) is 0 Å². The van der Waals surface area contributed by atoms with Gasteiger partial charge in [-0.25, -0.2) is 4.98 Å². The molecule has 0 radical (unpaired) electrons. The third-order valence-electron chi connectivity index (χ3n) is 5.85. The summed E-state index contributed by atoms with van der Waals surface area (Å²) in [5.74, 6) is 0.718. The highest BCUT2D eigenvalue weighted by Gasteiger charge is 2.48. The van der Waals surface area contributed by atoms with E-state index < -0.39 is 8.32 Å². The summed E-state index contributed by atoms with van der Waals surface area (Å²) >= 11 is 1.67. The van der Waals surface area contributed by atoms with Crippen molar-refractivity contribution in [1.29, 1.82) is 0 Å². The molecule has 2 aliphatic heterocycles. The number of β-lactam (4-membered cyclic amide) rings is 1. The first-order valence-electron chi connectivity index (χ1n) is 9.21. The van der Waals surface area contributed by atoms with Gasteiger partial charge in [-0.3, -0.25) is 9.59 Å². The maximum atomic E-state index is 12.6. The molecule has 2 aliphatic rings. The van der Waals surface area contributed by atoms with Crippen molar-refractivity contribution >= 4 is 31.8 Å². The molecule has 8 heteroatoms. The largest absolute Gasteiger partial charge is 0.413 e. The number of carbonyl (C=O) groups excluding carboxylic acids is 2. The number of aryl methyl sites for hydroxylation is 1. The molecule has 0 spiro atoms. The van der Waals surface area contributed by atoms with E-state index in [1.54, 1.807) is 11.8 Å². The lowest BCUT2D eigenvalue weighted by molar-refractivity contribution is -0.139. The van der Waals surface area contributed by atoms with Crippen LogP contribution in [-0.2, 0) is 15.8 Å². The zero-order chi connectivity index (χ0) is 19.3. The van der Waals surface area contributed by atoms with Gasteiger partial charge in [-0.05, 0) is 25.1 Å². The molecule has 6 nitrogen and oxygen atoms in total. The first-order valence-corrected chi connectivity index (χ1v) is 13.1. The fourth-order valence-electron chi connectivity index (χ4n) is 3.24. The lowest BCUT2D eigenvalue weighted by atomic mass is 9.83. The Morgan fingerprint density at radius 3 is 2.77 bits per heavy atom. The number of amides is 1. The average Bonchev–Trinajstić information content (AvgIpc) is 3.05. The predicted octanol–water partition coefficient (Wildman–Crippen LogP) is 3.09. The molecule has 0 unspecified atom stereocenters. The van der Waals surface area contributed by atoms with Crippen LogP contribution in [0.3, 0.4) is 0 Å². The summed E-state index contributed by atoms with van der Waals surface area (Å²) in [6.07, 6.45) is 1.93. The zero-order valence-electron chi connectivity index (χ0n) is 16.5. The number of hydrogen-bond donors (Lipinski definition) is 1. The predicted molar refractivity (Wildman–Crippen MR) is 105 cm³/mol. The maximum absolute atomic E-state index is 12.6. The van der Waals surface area contributed by atoms with Crippen molar-refractivity contribution in [2.45, 2.75) is 76.1 Å². The van der Waals surface area contributed by atoms with Crippen LogP contribution in [-0.4, -0.2) is 47.5 Å². The number of thioether (sulfide) groups is 1. The molecule has 1 saturated heterocycles. The van der Waals surface area contributed by atoms with E-state index in [9.17, 15) is 9.59 Å². The van der Waals surface area contributed by atoms with Crippen molar-refractivity contribution in [3.8, 4) is 0 Å². The van der Waals surface area contributed by atoms with Crippen LogP contribution in [0.1, 0.15) is 44.6 Å². The Morgan fingerprint density at radius 1 is 1.50 bits per heavy atom. The van der Waals surface area contributed by atoms with Crippen molar-refractivity contribution in [3.63, 3.8) is 0 Å². The van der Waals surface area contributed by atoms with E-state index in [2.05, 4.69) is 44.2 Å². The highest BCUT2D eigenvalue weighted by atomic mass is 32.2. The van der Waals surface area contributed by atoms with Gasteiger partial charge in [0.2, 0.25) is 5.91 Å². The summed E-state index contributed by atoms with van der Waals surface area (Å²) in [5, 5.41) is 3.88. The summed E-state index contributed by atoms with van der Waals surface area (Å²) in [6.45, 7) is 13.8. The molecule has 0 bridgehead atoms. The summed E-state index contributed by atoms with van der Waals surface area (Å²) in [7, 11) is -1.96. The molecule has 3 atom stereocenters. The molecule has 1 fully saturated rings. The first kappa shape index (κ1) is 19.6. The van der Waals surface area contributed by atoms with Gasteiger partial charge in [-0.1, -0.05) is 32.5 Å². The van der Waals surface area contributed by atoms with E-state index in [1.807, 2.05) is 17.7 Å². The molecule has 26 heavy (non-hydrogen) atoms. The average molecular weight is 396 g/mol. The number of ketones is 1. The number of rotatable bonds is 6. The molecular formula is C18H29N3O3SSi. The Balaban J connectivity index is 1.63. The van der Waals surface area contributed by atoms with Crippen molar-refractivity contribution in [1.82, 2.24) is 14.9 Å². The quantitative estimate of drug-likeness (QED) is 0.455. The molecule has 3 rings (SSSR count). The molecule has 0 aliphatic carbocycles. The van der Waals surface area contributed by atoms with E-state index in [4.69, 9.17) is 4.43 Å². The number of imidazole rings is 1. The van der Waals surface area contributed by atoms with Gasteiger partial charge >= 0.3 is 0 Å². The lowest BCUT2D eigenvalue weighted by Gasteiger charge is -2.45. The first-order chi connectivity index (χ1) is 12.0. The van der Waals surface area contributed by atoms with E-state index >= 15 is 0 Å². The number of hydrogen-bond acceptors (Lipinski definition) is 5. The summed E-state index contributed by atoms with van der Waals surface area (Å²) < 4.78 is 8.41.